The molecule has 0 fully saturated rings. The Labute approximate surface area is 193 Å². The molecule has 1 aliphatic heterocycles. The molecule has 0 bridgehead atoms. The number of nitrogen functional groups attached to an aromatic ring is 1. The minimum absolute atomic E-state index is 0.0929. The van der Waals surface area contributed by atoms with Crippen LogP contribution in [0, 0.1) is 0 Å². The first-order valence-electron chi connectivity index (χ1n) is 9.21. The summed E-state index contributed by atoms with van der Waals surface area (Å²) in [7, 11) is -5.04. The number of aromatic nitrogens is 2. The first kappa shape index (κ1) is 23.5. The summed E-state index contributed by atoms with van der Waals surface area (Å²) < 4.78 is 71.0. The van der Waals surface area contributed by atoms with E-state index in [1.165, 1.54) is 29.0 Å². The molecule has 4 rings (SSSR count). The van der Waals surface area contributed by atoms with Gasteiger partial charge < -0.3 is 11.1 Å². The Morgan fingerprint density at radius 3 is 2.29 bits per heavy atom. The number of alkyl halides is 3. The van der Waals surface area contributed by atoms with Gasteiger partial charge in [-0.05, 0) is 42.5 Å². The zero-order chi connectivity index (χ0) is 25.1. The highest BCUT2D eigenvalue weighted by atomic mass is 35.5. The Balaban J connectivity index is 2.02. The van der Waals surface area contributed by atoms with E-state index in [2.05, 4.69) is 0 Å². The molecule has 0 saturated carbocycles. The number of aromatic amines is 1. The van der Waals surface area contributed by atoms with Crippen molar-refractivity contribution in [3.05, 3.63) is 80.0 Å². The number of hydrogen-bond donors (Lipinski definition) is 4. The van der Waals surface area contributed by atoms with Crippen molar-refractivity contribution in [1.29, 1.82) is 0 Å². The van der Waals surface area contributed by atoms with Crippen molar-refractivity contribution in [3.63, 3.8) is 0 Å². The van der Waals surface area contributed by atoms with Crippen molar-refractivity contribution in [2.45, 2.75) is 16.6 Å². The summed E-state index contributed by atoms with van der Waals surface area (Å²) in [6.45, 7) is 0. The molecule has 1 unspecified atom stereocenters. The number of nitrogens with two attached hydrogens (primary N) is 1. The SMILES string of the molecule is Nc1ccc(S(=O)(=O)NC2(C(F)(F)F)C(=O)Nc3c2c(=O)[nH]c(=O)n3-c2cccc(Cl)c2)cc1. The molecule has 15 heteroatoms. The average Bonchev–Trinajstić information content (AvgIpc) is 3.01. The number of benzene rings is 2. The van der Waals surface area contributed by atoms with Crippen LogP contribution in [0.5, 0.6) is 0 Å². The summed E-state index contributed by atoms with van der Waals surface area (Å²) in [5, 5.41) is 1.94. The van der Waals surface area contributed by atoms with Crippen molar-refractivity contribution >= 4 is 39.0 Å². The molecule has 34 heavy (non-hydrogen) atoms. The van der Waals surface area contributed by atoms with E-state index in [0.29, 0.717) is 4.57 Å². The van der Waals surface area contributed by atoms with Gasteiger partial charge in [0.25, 0.3) is 11.5 Å². The number of nitrogens with zero attached hydrogens (tertiary/aromatic N) is 1. The fourth-order valence-corrected chi connectivity index (χ4v) is 5.02. The number of amides is 1. The summed E-state index contributed by atoms with van der Waals surface area (Å²) in [5.41, 5.74) is -2.69. The third kappa shape index (κ3) is 3.55. The van der Waals surface area contributed by atoms with Crippen LogP contribution in [0.3, 0.4) is 0 Å². The standard InChI is InChI=1S/C19H13ClF3N5O5S/c20-9-2-1-3-11(8-9)28-14-13(15(29)26-17(28)31)18(16(30)25-14,19(21,22)23)27-34(32,33)12-6-4-10(24)5-7-12/h1-8,27H,24H2,(H,25,30)(H,26,29,31). The van der Waals surface area contributed by atoms with Gasteiger partial charge in [0.05, 0.1) is 16.1 Å². The molecule has 0 saturated heterocycles. The van der Waals surface area contributed by atoms with Crippen LogP contribution in [-0.4, -0.2) is 30.1 Å². The van der Waals surface area contributed by atoms with E-state index >= 15 is 0 Å². The Hall–Kier alpha value is -3.62. The molecule has 2 aromatic carbocycles. The normalized spacial score (nSPS) is 17.9. The zero-order valence-corrected chi connectivity index (χ0v) is 18.2. The van der Waals surface area contributed by atoms with Gasteiger partial charge in [-0.3, -0.25) is 14.6 Å². The van der Waals surface area contributed by atoms with E-state index < -0.39 is 55.2 Å². The molecule has 0 radical (unpaired) electrons. The molecule has 178 valence electrons. The van der Waals surface area contributed by atoms with Gasteiger partial charge in [-0.15, -0.1) is 0 Å². The van der Waals surface area contributed by atoms with E-state index in [-0.39, 0.29) is 16.4 Å². The maximum atomic E-state index is 14.5. The molecule has 0 aliphatic carbocycles. The lowest BCUT2D eigenvalue weighted by molar-refractivity contribution is -0.194. The maximum Gasteiger partial charge on any atom is 0.421 e. The van der Waals surface area contributed by atoms with Crippen molar-refractivity contribution in [2.24, 2.45) is 0 Å². The quantitative estimate of drug-likeness (QED) is 0.385. The van der Waals surface area contributed by atoms with E-state index in [9.17, 15) is 36.0 Å². The van der Waals surface area contributed by atoms with Crippen molar-refractivity contribution < 1.29 is 26.4 Å². The number of rotatable bonds is 4. The van der Waals surface area contributed by atoms with Crippen molar-refractivity contribution in [1.82, 2.24) is 14.3 Å². The van der Waals surface area contributed by atoms with E-state index in [1.54, 1.807) is 4.98 Å². The van der Waals surface area contributed by atoms with E-state index in [0.717, 1.165) is 24.3 Å². The van der Waals surface area contributed by atoms with Crippen LogP contribution in [0.15, 0.2) is 63.0 Å². The lowest BCUT2D eigenvalue weighted by Crippen LogP contribution is -2.61. The zero-order valence-electron chi connectivity index (χ0n) is 16.6. The minimum atomic E-state index is -5.65. The third-order valence-corrected chi connectivity index (χ3v) is 6.73. The van der Waals surface area contributed by atoms with Crippen LogP contribution in [-0.2, 0) is 20.4 Å². The minimum Gasteiger partial charge on any atom is -0.399 e. The lowest BCUT2D eigenvalue weighted by Gasteiger charge is -2.29. The molecule has 1 aliphatic rings. The molecule has 3 aromatic rings. The number of carbonyl (C=O) groups is 1. The molecule has 0 spiro atoms. The molecule has 1 atom stereocenters. The summed E-state index contributed by atoms with van der Waals surface area (Å²) in [6.07, 6.45) is -5.65. The molecule has 1 aromatic heterocycles. The Morgan fingerprint density at radius 2 is 1.71 bits per heavy atom. The number of hydrogen-bond acceptors (Lipinski definition) is 6. The van der Waals surface area contributed by atoms with Crippen LogP contribution in [0.25, 0.3) is 5.69 Å². The molecular formula is C19H13ClF3N5O5S. The van der Waals surface area contributed by atoms with Gasteiger partial charge in [0.15, 0.2) is 0 Å². The second-order valence-corrected chi connectivity index (χ2v) is 9.29. The van der Waals surface area contributed by atoms with Crippen molar-refractivity contribution in [2.75, 3.05) is 11.1 Å². The number of nitrogens with one attached hydrogen (secondary N) is 3. The largest absolute Gasteiger partial charge is 0.421 e. The maximum absolute atomic E-state index is 14.5. The monoisotopic (exact) mass is 515 g/mol. The first-order chi connectivity index (χ1) is 15.8. The van der Waals surface area contributed by atoms with E-state index in [1.807, 2.05) is 5.32 Å². The van der Waals surface area contributed by atoms with Gasteiger partial charge in [-0.2, -0.15) is 17.9 Å². The van der Waals surface area contributed by atoms with Gasteiger partial charge in [0.1, 0.15) is 5.82 Å². The van der Waals surface area contributed by atoms with Crippen LogP contribution < -0.4 is 27.0 Å². The van der Waals surface area contributed by atoms with Gasteiger partial charge >= 0.3 is 11.9 Å². The van der Waals surface area contributed by atoms with Gasteiger partial charge in [0.2, 0.25) is 15.6 Å². The van der Waals surface area contributed by atoms with Crippen molar-refractivity contribution in [3.8, 4) is 5.69 Å². The Bertz CT molecular complexity index is 1550. The first-order valence-corrected chi connectivity index (χ1v) is 11.1. The second-order valence-electron chi connectivity index (χ2n) is 7.17. The van der Waals surface area contributed by atoms with Gasteiger partial charge in [-0.1, -0.05) is 17.7 Å². The summed E-state index contributed by atoms with van der Waals surface area (Å²) in [4.78, 5) is 39.0. The molecular weight excluding hydrogens is 503 g/mol. The molecule has 2 heterocycles. The number of anilines is 2. The highest BCUT2D eigenvalue weighted by Crippen LogP contribution is 2.46. The highest BCUT2D eigenvalue weighted by Gasteiger charge is 2.69. The molecule has 10 nitrogen and oxygen atoms in total. The number of carbonyl (C=O) groups excluding carboxylic acids is 1. The topological polar surface area (TPSA) is 156 Å². The number of H-pyrrole nitrogens is 1. The fraction of sp³-hybridized carbons (Fsp3) is 0.105. The number of sulfonamides is 1. The van der Waals surface area contributed by atoms with Crippen LogP contribution in [0.1, 0.15) is 5.56 Å². The molecule has 5 N–H and O–H groups in total. The second kappa shape index (κ2) is 7.72. The third-order valence-electron chi connectivity index (χ3n) is 5.03. The Morgan fingerprint density at radius 1 is 1.06 bits per heavy atom. The number of fused-ring (bicyclic) bond motifs is 1. The van der Waals surface area contributed by atoms with Crippen LogP contribution in [0.4, 0.5) is 24.7 Å². The van der Waals surface area contributed by atoms with Gasteiger partial charge in [-0.25, -0.2) is 17.8 Å². The summed E-state index contributed by atoms with van der Waals surface area (Å²) in [6, 6.07) is 9.37. The van der Waals surface area contributed by atoms with Crippen LogP contribution >= 0.6 is 11.6 Å². The summed E-state index contributed by atoms with van der Waals surface area (Å²) >= 11 is 5.90. The molecule has 1 amide bonds. The van der Waals surface area contributed by atoms with E-state index in [4.69, 9.17) is 17.3 Å². The smallest absolute Gasteiger partial charge is 0.399 e. The predicted octanol–water partition coefficient (Wildman–Crippen LogP) is 1.45. The number of halogens is 4. The lowest BCUT2D eigenvalue weighted by atomic mass is 9.93. The fourth-order valence-electron chi connectivity index (χ4n) is 3.51. The van der Waals surface area contributed by atoms with Gasteiger partial charge in [0, 0.05) is 10.7 Å². The Kier molecular flexibility index (Phi) is 5.34. The average molecular weight is 516 g/mol. The predicted molar refractivity (Wildman–Crippen MR) is 115 cm³/mol. The van der Waals surface area contributed by atoms with Crippen LogP contribution in [0.2, 0.25) is 5.02 Å². The summed E-state index contributed by atoms with van der Waals surface area (Å²) in [5.74, 6) is -2.79. The highest BCUT2D eigenvalue weighted by molar-refractivity contribution is 7.89.